The number of terminal acetylenes is 1. The fourth-order valence-electron chi connectivity index (χ4n) is 3.17. The average molecular weight is 374 g/mol. The van der Waals surface area contributed by atoms with E-state index in [1.807, 2.05) is 42.5 Å². The molecule has 4 rings (SSSR count). The van der Waals surface area contributed by atoms with Gasteiger partial charge in [0.25, 0.3) is 5.91 Å². The first-order chi connectivity index (χ1) is 13.2. The molecule has 0 bridgehead atoms. The molecule has 4 aromatic rings. The molecule has 5 heteroatoms. The predicted molar refractivity (Wildman–Crippen MR) is 107 cm³/mol. The van der Waals surface area contributed by atoms with E-state index in [2.05, 4.69) is 10.9 Å². The van der Waals surface area contributed by atoms with Gasteiger partial charge in [0, 0.05) is 0 Å². The lowest BCUT2D eigenvalue weighted by Crippen LogP contribution is -2.17. The Bertz CT molecular complexity index is 1270. The summed E-state index contributed by atoms with van der Waals surface area (Å²) in [5.41, 5.74) is 1.30. The van der Waals surface area contributed by atoms with Gasteiger partial charge >= 0.3 is 0 Å². The minimum absolute atomic E-state index is 0.154. The molecule has 3 aromatic carbocycles. The van der Waals surface area contributed by atoms with E-state index in [0.717, 1.165) is 16.3 Å². The molecule has 0 N–H and O–H groups in total. The lowest BCUT2D eigenvalue weighted by atomic mass is 10.0. The van der Waals surface area contributed by atoms with Gasteiger partial charge in [0.1, 0.15) is 5.82 Å². The fraction of sp³-hybridized carbons (Fsp3) is 0.0909. The number of carbonyl (C=O) groups is 1. The molecule has 0 aliphatic carbocycles. The summed E-state index contributed by atoms with van der Waals surface area (Å²) in [6, 6.07) is 18.6. The second-order valence-corrected chi connectivity index (χ2v) is 7.09. The first-order valence-electron chi connectivity index (χ1n) is 8.43. The van der Waals surface area contributed by atoms with Crippen LogP contribution in [0.5, 0.6) is 0 Å². The summed E-state index contributed by atoms with van der Waals surface area (Å²) >= 11 is 1.26. The van der Waals surface area contributed by atoms with Crippen LogP contribution in [0.25, 0.3) is 21.0 Å². The predicted octanol–water partition coefficient (Wildman–Crippen LogP) is 4.30. The SMILES string of the molecule is C#CCn1c(=NC(=O)Cc2cccc3ccccc23)sc2cccc(F)c21. The molecule has 1 amide bonds. The highest BCUT2D eigenvalue weighted by Gasteiger charge is 2.12. The summed E-state index contributed by atoms with van der Waals surface area (Å²) in [6.45, 7) is 0.154. The molecule has 132 valence electrons. The van der Waals surface area contributed by atoms with E-state index in [4.69, 9.17) is 6.42 Å². The van der Waals surface area contributed by atoms with Crippen molar-refractivity contribution >= 4 is 38.2 Å². The molecule has 0 spiro atoms. The number of aromatic nitrogens is 1. The van der Waals surface area contributed by atoms with Crippen molar-refractivity contribution in [2.75, 3.05) is 0 Å². The van der Waals surface area contributed by atoms with Crippen LogP contribution < -0.4 is 4.80 Å². The third-order valence-corrected chi connectivity index (χ3v) is 5.39. The quantitative estimate of drug-likeness (QED) is 0.493. The number of halogens is 1. The van der Waals surface area contributed by atoms with Crippen LogP contribution in [0.4, 0.5) is 4.39 Å². The Morgan fingerprint density at radius 2 is 1.89 bits per heavy atom. The van der Waals surface area contributed by atoms with Crippen molar-refractivity contribution in [3.63, 3.8) is 0 Å². The highest BCUT2D eigenvalue weighted by atomic mass is 32.1. The van der Waals surface area contributed by atoms with E-state index in [-0.39, 0.29) is 24.7 Å². The van der Waals surface area contributed by atoms with Gasteiger partial charge in [-0.3, -0.25) is 4.79 Å². The molecule has 0 aliphatic heterocycles. The first kappa shape index (κ1) is 17.2. The summed E-state index contributed by atoms with van der Waals surface area (Å²) in [5, 5.41) is 2.11. The zero-order valence-corrected chi connectivity index (χ0v) is 15.2. The van der Waals surface area contributed by atoms with Gasteiger partial charge in [-0.25, -0.2) is 4.39 Å². The number of hydrogen-bond donors (Lipinski definition) is 0. The number of benzene rings is 3. The largest absolute Gasteiger partial charge is 0.302 e. The monoisotopic (exact) mass is 374 g/mol. The molecular formula is C22H15FN2OS. The number of rotatable bonds is 3. The molecule has 27 heavy (non-hydrogen) atoms. The molecule has 0 saturated carbocycles. The number of carbonyl (C=O) groups excluding carboxylic acids is 1. The van der Waals surface area contributed by atoms with Crippen LogP contribution in [0.1, 0.15) is 5.56 Å². The number of fused-ring (bicyclic) bond motifs is 2. The van der Waals surface area contributed by atoms with Crippen LogP contribution in [0.2, 0.25) is 0 Å². The standard InChI is InChI=1S/C22H15FN2OS/c1-2-13-25-21-18(23)11-6-12-19(21)27-22(25)24-20(26)14-16-9-5-8-15-7-3-4-10-17(15)16/h1,3-12H,13-14H2. The van der Waals surface area contributed by atoms with Crippen LogP contribution in [0.3, 0.4) is 0 Å². The van der Waals surface area contributed by atoms with E-state index in [9.17, 15) is 9.18 Å². The van der Waals surface area contributed by atoms with Crippen molar-refractivity contribution in [1.29, 1.82) is 0 Å². The summed E-state index contributed by atoms with van der Waals surface area (Å²) < 4.78 is 16.5. The number of para-hydroxylation sites is 1. The first-order valence-corrected chi connectivity index (χ1v) is 9.24. The minimum Gasteiger partial charge on any atom is -0.302 e. The van der Waals surface area contributed by atoms with Gasteiger partial charge in [0.05, 0.1) is 23.2 Å². The lowest BCUT2D eigenvalue weighted by Gasteiger charge is -2.04. The highest BCUT2D eigenvalue weighted by Crippen LogP contribution is 2.21. The van der Waals surface area contributed by atoms with Crippen molar-refractivity contribution < 1.29 is 9.18 Å². The Kier molecular flexibility index (Phi) is 4.57. The van der Waals surface area contributed by atoms with Crippen molar-refractivity contribution in [3.8, 4) is 12.3 Å². The maximum atomic E-state index is 14.2. The normalized spacial score (nSPS) is 11.8. The number of amides is 1. The molecule has 0 radical (unpaired) electrons. The minimum atomic E-state index is -0.373. The van der Waals surface area contributed by atoms with Crippen molar-refractivity contribution in [2.45, 2.75) is 13.0 Å². The van der Waals surface area contributed by atoms with Gasteiger partial charge in [-0.05, 0) is 28.5 Å². The highest BCUT2D eigenvalue weighted by molar-refractivity contribution is 7.16. The number of hydrogen-bond acceptors (Lipinski definition) is 2. The van der Waals surface area contributed by atoms with Crippen molar-refractivity contribution in [2.24, 2.45) is 4.99 Å². The zero-order valence-electron chi connectivity index (χ0n) is 14.4. The van der Waals surface area contributed by atoms with Gasteiger partial charge in [-0.2, -0.15) is 4.99 Å². The van der Waals surface area contributed by atoms with Crippen molar-refractivity contribution in [3.05, 3.63) is 76.8 Å². The van der Waals surface area contributed by atoms with E-state index < -0.39 is 0 Å². The molecule has 0 atom stereocenters. The molecular weight excluding hydrogens is 359 g/mol. The molecule has 3 nitrogen and oxygen atoms in total. The molecule has 1 heterocycles. The average Bonchev–Trinajstić information content (AvgIpc) is 3.01. The summed E-state index contributed by atoms with van der Waals surface area (Å²) in [4.78, 5) is 17.3. The summed E-state index contributed by atoms with van der Waals surface area (Å²) in [5.74, 6) is 1.85. The zero-order chi connectivity index (χ0) is 18.8. The maximum absolute atomic E-state index is 14.2. The van der Waals surface area contributed by atoms with Crippen LogP contribution in [0, 0.1) is 18.2 Å². The van der Waals surface area contributed by atoms with E-state index in [0.29, 0.717) is 15.0 Å². The lowest BCUT2D eigenvalue weighted by molar-refractivity contribution is -0.117. The molecule has 0 fully saturated rings. The number of thiazole rings is 1. The smallest absolute Gasteiger partial charge is 0.252 e. The Morgan fingerprint density at radius 3 is 2.74 bits per heavy atom. The van der Waals surface area contributed by atoms with Gasteiger partial charge < -0.3 is 4.57 Å². The van der Waals surface area contributed by atoms with Gasteiger partial charge in [0.2, 0.25) is 0 Å². The van der Waals surface area contributed by atoms with E-state index in [1.165, 1.54) is 17.4 Å². The van der Waals surface area contributed by atoms with Gasteiger partial charge in [0.15, 0.2) is 4.80 Å². The Morgan fingerprint density at radius 1 is 1.11 bits per heavy atom. The fourth-order valence-corrected chi connectivity index (χ4v) is 4.23. The second-order valence-electron chi connectivity index (χ2n) is 6.08. The Hall–Kier alpha value is -3.23. The summed E-state index contributed by atoms with van der Waals surface area (Å²) in [6.07, 6.45) is 5.61. The molecule has 1 aromatic heterocycles. The third-order valence-electron chi connectivity index (χ3n) is 4.34. The Balaban J connectivity index is 1.77. The van der Waals surface area contributed by atoms with E-state index in [1.54, 1.807) is 16.7 Å². The third kappa shape index (κ3) is 3.27. The van der Waals surface area contributed by atoms with Crippen molar-refractivity contribution in [1.82, 2.24) is 4.57 Å². The van der Waals surface area contributed by atoms with Gasteiger partial charge in [-0.1, -0.05) is 65.8 Å². The second kappa shape index (κ2) is 7.18. The molecule has 0 saturated heterocycles. The van der Waals surface area contributed by atoms with E-state index >= 15 is 0 Å². The van der Waals surface area contributed by atoms with Gasteiger partial charge in [-0.15, -0.1) is 6.42 Å². The number of nitrogens with zero attached hydrogens (tertiary/aromatic N) is 2. The Labute approximate surface area is 159 Å². The molecule has 0 unspecified atom stereocenters. The van der Waals surface area contributed by atoms with Crippen LogP contribution in [-0.2, 0) is 17.8 Å². The van der Waals surface area contributed by atoms with Crippen LogP contribution >= 0.6 is 11.3 Å². The topological polar surface area (TPSA) is 34.4 Å². The molecule has 0 aliphatic rings. The van der Waals surface area contributed by atoms with Crippen LogP contribution in [0.15, 0.2) is 65.7 Å². The maximum Gasteiger partial charge on any atom is 0.252 e. The van der Waals surface area contributed by atoms with Crippen LogP contribution in [-0.4, -0.2) is 10.5 Å². The summed E-state index contributed by atoms with van der Waals surface area (Å²) in [7, 11) is 0.